The van der Waals surface area contributed by atoms with Crippen LogP contribution in [0.25, 0.3) is 0 Å². The number of hydrogen-bond acceptors (Lipinski definition) is 4. The van der Waals surface area contributed by atoms with Crippen LogP contribution in [0.15, 0.2) is 0 Å². The molecule has 1 aliphatic carbocycles. The van der Waals surface area contributed by atoms with E-state index in [1.165, 1.54) is 0 Å². The zero-order valence-electron chi connectivity index (χ0n) is 13.9. The van der Waals surface area contributed by atoms with Gasteiger partial charge in [0.2, 0.25) is 5.91 Å². The van der Waals surface area contributed by atoms with Crippen LogP contribution in [0.3, 0.4) is 0 Å². The van der Waals surface area contributed by atoms with Crippen molar-refractivity contribution >= 4 is 5.91 Å². The Labute approximate surface area is 128 Å². The minimum absolute atomic E-state index is 0.0725. The van der Waals surface area contributed by atoms with E-state index in [0.29, 0.717) is 5.92 Å². The lowest BCUT2D eigenvalue weighted by atomic mass is 9.53. The van der Waals surface area contributed by atoms with Gasteiger partial charge in [-0.1, -0.05) is 20.8 Å². The molecule has 2 rings (SSSR count). The zero-order chi connectivity index (χ0) is 15.6. The van der Waals surface area contributed by atoms with E-state index in [4.69, 9.17) is 9.47 Å². The fraction of sp³-hybridized carbons (Fsp3) is 0.938. The minimum Gasteiger partial charge on any atom is -0.380 e. The van der Waals surface area contributed by atoms with E-state index in [-0.39, 0.29) is 35.6 Å². The van der Waals surface area contributed by atoms with E-state index in [2.05, 4.69) is 31.4 Å². The van der Waals surface area contributed by atoms with Gasteiger partial charge < -0.3 is 20.1 Å². The first-order chi connectivity index (χ1) is 10.0. The highest BCUT2D eigenvalue weighted by molar-refractivity contribution is 5.82. The molecule has 5 heteroatoms. The Morgan fingerprint density at radius 3 is 2.43 bits per heavy atom. The summed E-state index contributed by atoms with van der Waals surface area (Å²) in [6, 6.07) is 0.0727. The molecule has 0 bridgehead atoms. The SMILES string of the molecule is CCC1(CC)[C@H](NC(=O)[C@H]2C[C@H](OC)CN2)[C@H](C)[C@@H]1OC. The summed E-state index contributed by atoms with van der Waals surface area (Å²) in [7, 11) is 3.48. The standard InChI is InChI=1S/C16H30N2O3/c1-6-16(7-2)13(10(3)14(16)21-5)18-15(19)12-8-11(20-4)9-17-12/h10-14,17H,6-9H2,1-5H3,(H,18,19)/t10-,11-,12+,13+,14-/m0/s1. The molecule has 1 aliphatic heterocycles. The molecule has 0 radical (unpaired) electrons. The van der Waals surface area contributed by atoms with Crippen LogP contribution in [0.5, 0.6) is 0 Å². The van der Waals surface area contributed by atoms with Crippen molar-refractivity contribution in [1.82, 2.24) is 10.6 Å². The number of rotatable bonds is 6. The van der Waals surface area contributed by atoms with E-state index >= 15 is 0 Å². The van der Waals surface area contributed by atoms with Gasteiger partial charge in [0.05, 0.1) is 18.2 Å². The summed E-state index contributed by atoms with van der Waals surface area (Å²) in [5, 5.41) is 6.52. The molecule has 2 N–H and O–H groups in total. The summed E-state index contributed by atoms with van der Waals surface area (Å²) in [4.78, 5) is 12.5. The Kier molecular flexibility index (Phi) is 5.28. The van der Waals surface area contributed by atoms with Gasteiger partial charge in [0.15, 0.2) is 0 Å². The van der Waals surface area contributed by atoms with Crippen LogP contribution in [-0.4, -0.2) is 51.0 Å². The van der Waals surface area contributed by atoms with Gasteiger partial charge in [-0.3, -0.25) is 4.79 Å². The molecule has 1 saturated carbocycles. The van der Waals surface area contributed by atoms with Crippen LogP contribution < -0.4 is 10.6 Å². The first-order valence-electron chi connectivity index (χ1n) is 8.13. The largest absolute Gasteiger partial charge is 0.380 e. The highest BCUT2D eigenvalue weighted by Gasteiger charge is 2.59. The van der Waals surface area contributed by atoms with Crippen molar-refractivity contribution in [2.24, 2.45) is 11.3 Å². The van der Waals surface area contributed by atoms with Gasteiger partial charge in [-0.2, -0.15) is 0 Å². The first kappa shape index (κ1) is 16.7. The zero-order valence-corrected chi connectivity index (χ0v) is 13.9. The first-order valence-corrected chi connectivity index (χ1v) is 8.13. The second-order valence-corrected chi connectivity index (χ2v) is 6.50. The predicted octanol–water partition coefficient (Wildman–Crippen LogP) is 1.32. The van der Waals surface area contributed by atoms with Gasteiger partial charge in [0.25, 0.3) is 0 Å². The molecule has 21 heavy (non-hydrogen) atoms. The third-order valence-corrected chi connectivity index (χ3v) is 5.80. The number of nitrogens with one attached hydrogen (secondary N) is 2. The number of carbonyl (C=O) groups excluding carboxylic acids is 1. The number of methoxy groups -OCH3 is 2. The molecule has 122 valence electrons. The Morgan fingerprint density at radius 1 is 1.29 bits per heavy atom. The second-order valence-electron chi connectivity index (χ2n) is 6.50. The van der Waals surface area contributed by atoms with Gasteiger partial charge >= 0.3 is 0 Å². The molecular formula is C16H30N2O3. The smallest absolute Gasteiger partial charge is 0.237 e. The molecule has 0 spiro atoms. The Balaban J connectivity index is 2.00. The molecule has 0 aromatic rings. The maximum absolute atomic E-state index is 12.5. The van der Waals surface area contributed by atoms with Crippen LogP contribution in [0, 0.1) is 11.3 Å². The molecule has 5 atom stereocenters. The van der Waals surface area contributed by atoms with Gasteiger partial charge in [0, 0.05) is 38.1 Å². The predicted molar refractivity (Wildman–Crippen MR) is 82.1 cm³/mol. The van der Waals surface area contributed by atoms with Crippen molar-refractivity contribution < 1.29 is 14.3 Å². The average molecular weight is 298 g/mol. The normalized spacial score (nSPS) is 38.0. The molecule has 1 saturated heterocycles. The van der Waals surface area contributed by atoms with Crippen LogP contribution in [-0.2, 0) is 14.3 Å². The Morgan fingerprint density at radius 2 is 1.95 bits per heavy atom. The van der Waals surface area contributed by atoms with E-state index in [1.807, 2.05) is 0 Å². The maximum atomic E-state index is 12.5. The summed E-state index contributed by atoms with van der Waals surface area (Å²) in [6.07, 6.45) is 3.18. The summed E-state index contributed by atoms with van der Waals surface area (Å²) < 4.78 is 11.0. The van der Waals surface area contributed by atoms with Crippen LogP contribution >= 0.6 is 0 Å². The molecule has 2 aliphatic rings. The molecule has 1 amide bonds. The highest BCUT2D eigenvalue weighted by Crippen LogP contribution is 2.52. The molecule has 0 aromatic heterocycles. The van der Waals surface area contributed by atoms with Crippen LogP contribution in [0.2, 0.25) is 0 Å². The third-order valence-electron chi connectivity index (χ3n) is 5.80. The molecule has 5 nitrogen and oxygen atoms in total. The fourth-order valence-electron chi connectivity index (χ4n) is 4.43. The van der Waals surface area contributed by atoms with Crippen molar-refractivity contribution in [3.63, 3.8) is 0 Å². The van der Waals surface area contributed by atoms with E-state index in [9.17, 15) is 4.79 Å². The monoisotopic (exact) mass is 298 g/mol. The third kappa shape index (κ3) is 2.71. The number of hydrogen-bond donors (Lipinski definition) is 2. The van der Waals surface area contributed by atoms with Gasteiger partial charge in [0.1, 0.15) is 0 Å². The Hall–Kier alpha value is -0.650. The number of amides is 1. The van der Waals surface area contributed by atoms with Crippen LogP contribution in [0.1, 0.15) is 40.0 Å². The molecule has 0 unspecified atom stereocenters. The Bertz CT molecular complexity index is 371. The van der Waals surface area contributed by atoms with Crippen LogP contribution in [0.4, 0.5) is 0 Å². The molecule has 0 aromatic carbocycles. The number of ether oxygens (including phenoxy) is 2. The fourth-order valence-corrected chi connectivity index (χ4v) is 4.43. The van der Waals surface area contributed by atoms with Gasteiger partial charge in [-0.15, -0.1) is 0 Å². The summed E-state index contributed by atoms with van der Waals surface area (Å²) in [6.45, 7) is 7.30. The molecule has 2 fully saturated rings. The highest BCUT2D eigenvalue weighted by atomic mass is 16.5. The lowest BCUT2D eigenvalue weighted by Gasteiger charge is -2.59. The quantitative estimate of drug-likeness (QED) is 0.776. The number of carbonyl (C=O) groups is 1. The van der Waals surface area contributed by atoms with E-state index in [0.717, 1.165) is 25.8 Å². The van der Waals surface area contributed by atoms with Crippen molar-refractivity contribution in [2.75, 3.05) is 20.8 Å². The van der Waals surface area contributed by atoms with Crippen molar-refractivity contribution in [3.8, 4) is 0 Å². The molecular weight excluding hydrogens is 268 g/mol. The summed E-state index contributed by atoms with van der Waals surface area (Å²) >= 11 is 0. The van der Waals surface area contributed by atoms with Crippen molar-refractivity contribution in [2.45, 2.75) is 64.3 Å². The maximum Gasteiger partial charge on any atom is 0.237 e. The summed E-state index contributed by atoms with van der Waals surface area (Å²) in [5.41, 5.74) is 0.0725. The topological polar surface area (TPSA) is 59.6 Å². The van der Waals surface area contributed by atoms with E-state index in [1.54, 1.807) is 14.2 Å². The van der Waals surface area contributed by atoms with Gasteiger partial charge in [-0.25, -0.2) is 0 Å². The minimum atomic E-state index is -0.129. The van der Waals surface area contributed by atoms with Crippen molar-refractivity contribution in [3.05, 3.63) is 0 Å². The van der Waals surface area contributed by atoms with Gasteiger partial charge in [-0.05, 0) is 19.3 Å². The average Bonchev–Trinajstić information content (AvgIpc) is 2.98. The van der Waals surface area contributed by atoms with Crippen molar-refractivity contribution in [1.29, 1.82) is 0 Å². The lowest BCUT2D eigenvalue weighted by molar-refractivity contribution is -0.172. The van der Waals surface area contributed by atoms with E-state index < -0.39 is 0 Å². The summed E-state index contributed by atoms with van der Waals surface area (Å²) in [5.74, 6) is 0.464. The molecule has 1 heterocycles. The second kappa shape index (κ2) is 6.63. The lowest BCUT2D eigenvalue weighted by Crippen LogP contribution is -2.70.